The number of aromatic nitrogens is 1. The van der Waals surface area contributed by atoms with Gasteiger partial charge in [-0.2, -0.15) is 17.0 Å². The third-order valence-electron chi connectivity index (χ3n) is 4.58. The van der Waals surface area contributed by atoms with Crippen molar-refractivity contribution in [2.75, 3.05) is 19.6 Å². The molecule has 1 aliphatic heterocycles. The number of rotatable bonds is 5. The van der Waals surface area contributed by atoms with Gasteiger partial charge >= 0.3 is 0 Å². The van der Waals surface area contributed by atoms with Crippen molar-refractivity contribution in [3.8, 4) is 0 Å². The molecule has 1 aromatic carbocycles. The molecule has 136 valence electrons. The van der Waals surface area contributed by atoms with Crippen LogP contribution in [0.3, 0.4) is 0 Å². The Balaban J connectivity index is 2.15. The largest absolute Gasteiger partial charge is 0.348 e. The second kappa shape index (κ2) is 7.29. The maximum atomic E-state index is 13.2. The molecule has 8 heteroatoms. The van der Waals surface area contributed by atoms with Crippen LogP contribution in [0.1, 0.15) is 31.1 Å². The molecule has 0 aliphatic carbocycles. The molecule has 0 bridgehead atoms. The first kappa shape index (κ1) is 18.7. The summed E-state index contributed by atoms with van der Waals surface area (Å²) in [5, 5.41) is 0.991. The molecule has 0 saturated carbocycles. The summed E-state index contributed by atoms with van der Waals surface area (Å²) in [7, 11) is -3.61. The Morgan fingerprint density at radius 3 is 2.52 bits per heavy atom. The second-order valence-electron chi connectivity index (χ2n) is 5.90. The zero-order chi connectivity index (χ0) is 18.2. The summed E-state index contributed by atoms with van der Waals surface area (Å²) in [6.07, 6.45) is 1.97. The highest BCUT2D eigenvalue weighted by atomic mass is 35.5. The van der Waals surface area contributed by atoms with Crippen LogP contribution in [0.5, 0.6) is 0 Å². The smallest absolute Gasteiger partial charge is 0.282 e. The Bertz CT molecular complexity index is 863. The molecule has 1 atom stereocenters. The van der Waals surface area contributed by atoms with Gasteiger partial charge in [-0.05, 0) is 29.8 Å². The zero-order valence-corrected chi connectivity index (χ0v) is 16.5. The Morgan fingerprint density at radius 2 is 1.88 bits per heavy atom. The van der Waals surface area contributed by atoms with Gasteiger partial charge < -0.3 is 4.57 Å². The van der Waals surface area contributed by atoms with Gasteiger partial charge in [0.25, 0.3) is 10.2 Å². The molecule has 2 aromatic rings. The topological polar surface area (TPSA) is 45.6 Å². The van der Waals surface area contributed by atoms with E-state index in [1.165, 1.54) is 4.31 Å². The number of fused-ring (bicyclic) bond motifs is 1. The van der Waals surface area contributed by atoms with Crippen LogP contribution >= 0.6 is 23.2 Å². The van der Waals surface area contributed by atoms with Gasteiger partial charge in [-0.25, -0.2) is 0 Å². The molecule has 0 amide bonds. The van der Waals surface area contributed by atoms with Gasteiger partial charge in [-0.1, -0.05) is 43.1 Å². The standard InChI is InChI=1S/C17H21Cl2N3O2S/c1-3-21(4-2)25(23,24)22-11-10-20-9-5-6-16(20)17(22)14-8-7-13(18)12-15(14)19/h5-9,12,17H,3-4,10-11H2,1-2H3. The highest BCUT2D eigenvalue weighted by molar-refractivity contribution is 7.86. The number of hydrogen-bond donors (Lipinski definition) is 0. The quantitative estimate of drug-likeness (QED) is 0.764. The van der Waals surface area contributed by atoms with E-state index < -0.39 is 16.3 Å². The Labute approximate surface area is 158 Å². The molecule has 0 spiro atoms. The summed E-state index contributed by atoms with van der Waals surface area (Å²) in [5.74, 6) is 0. The summed E-state index contributed by atoms with van der Waals surface area (Å²) in [5.41, 5.74) is 1.65. The molecule has 2 heterocycles. The normalized spacial score (nSPS) is 18.5. The first-order valence-electron chi connectivity index (χ1n) is 8.27. The summed E-state index contributed by atoms with van der Waals surface area (Å²) in [6, 6.07) is 8.61. The average molecular weight is 402 g/mol. The van der Waals surface area contributed by atoms with E-state index >= 15 is 0 Å². The van der Waals surface area contributed by atoms with Crippen LogP contribution in [0.2, 0.25) is 10.0 Å². The van der Waals surface area contributed by atoms with Crippen molar-refractivity contribution in [3.05, 3.63) is 57.8 Å². The summed E-state index contributed by atoms with van der Waals surface area (Å²) in [4.78, 5) is 0. The van der Waals surface area contributed by atoms with Crippen LogP contribution < -0.4 is 0 Å². The minimum atomic E-state index is -3.61. The van der Waals surface area contributed by atoms with Gasteiger partial charge in [-0.3, -0.25) is 0 Å². The number of hydrogen-bond acceptors (Lipinski definition) is 2. The third-order valence-corrected chi connectivity index (χ3v) is 7.30. The molecule has 5 nitrogen and oxygen atoms in total. The lowest BCUT2D eigenvalue weighted by molar-refractivity contribution is 0.271. The van der Waals surface area contributed by atoms with Crippen molar-refractivity contribution in [1.82, 2.24) is 13.2 Å². The van der Waals surface area contributed by atoms with Gasteiger partial charge in [0, 0.05) is 48.1 Å². The van der Waals surface area contributed by atoms with Crippen LogP contribution in [0.4, 0.5) is 0 Å². The van der Waals surface area contributed by atoms with Gasteiger partial charge in [0.2, 0.25) is 0 Å². The maximum absolute atomic E-state index is 13.2. The Kier molecular flexibility index (Phi) is 5.46. The van der Waals surface area contributed by atoms with Crippen LogP contribution in [-0.4, -0.2) is 41.2 Å². The van der Waals surface area contributed by atoms with Crippen LogP contribution in [-0.2, 0) is 16.8 Å². The lowest BCUT2D eigenvalue weighted by Crippen LogP contribution is -2.49. The number of nitrogens with zero attached hydrogens (tertiary/aromatic N) is 3. The predicted octanol–water partition coefficient (Wildman–Crippen LogP) is 3.79. The lowest BCUT2D eigenvalue weighted by atomic mass is 10.0. The molecular weight excluding hydrogens is 381 g/mol. The van der Waals surface area contributed by atoms with E-state index in [0.29, 0.717) is 36.2 Å². The fraction of sp³-hybridized carbons (Fsp3) is 0.412. The predicted molar refractivity (Wildman–Crippen MR) is 101 cm³/mol. The minimum absolute atomic E-state index is 0.393. The first-order valence-corrected chi connectivity index (χ1v) is 10.4. The van der Waals surface area contributed by atoms with Crippen LogP contribution in [0.15, 0.2) is 36.5 Å². The summed E-state index contributed by atoms with van der Waals surface area (Å²) < 4.78 is 31.5. The highest BCUT2D eigenvalue weighted by Gasteiger charge is 2.39. The second-order valence-corrected chi connectivity index (χ2v) is 8.62. The summed E-state index contributed by atoms with van der Waals surface area (Å²) in [6.45, 7) is 5.56. The van der Waals surface area contributed by atoms with Gasteiger partial charge in [0.1, 0.15) is 0 Å². The molecule has 0 radical (unpaired) electrons. The lowest BCUT2D eigenvalue weighted by Gasteiger charge is -2.39. The molecule has 1 unspecified atom stereocenters. The number of benzene rings is 1. The SMILES string of the molecule is CCN(CC)S(=O)(=O)N1CCn2cccc2C1c1ccc(Cl)cc1Cl. The fourth-order valence-corrected chi connectivity index (χ4v) is 5.61. The van der Waals surface area contributed by atoms with Crippen LogP contribution in [0, 0.1) is 0 Å². The van der Waals surface area contributed by atoms with E-state index in [4.69, 9.17) is 23.2 Å². The van der Waals surface area contributed by atoms with Crippen LogP contribution in [0.25, 0.3) is 0 Å². The average Bonchev–Trinajstić information content (AvgIpc) is 3.04. The van der Waals surface area contributed by atoms with Gasteiger partial charge in [0.05, 0.1) is 6.04 Å². The van der Waals surface area contributed by atoms with Gasteiger partial charge in [-0.15, -0.1) is 0 Å². The van der Waals surface area contributed by atoms with Gasteiger partial charge in [0.15, 0.2) is 0 Å². The Morgan fingerprint density at radius 1 is 1.16 bits per heavy atom. The maximum Gasteiger partial charge on any atom is 0.282 e. The molecule has 0 N–H and O–H groups in total. The first-order chi connectivity index (χ1) is 11.9. The molecule has 0 saturated heterocycles. The van der Waals surface area contributed by atoms with E-state index in [1.54, 1.807) is 16.4 Å². The molecule has 3 rings (SSSR count). The molecule has 1 aliphatic rings. The zero-order valence-electron chi connectivity index (χ0n) is 14.2. The Hall–Kier alpha value is -1.05. The number of halogens is 2. The summed E-state index contributed by atoms with van der Waals surface area (Å²) >= 11 is 12.5. The van der Waals surface area contributed by atoms with E-state index in [0.717, 1.165) is 11.3 Å². The van der Waals surface area contributed by atoms with Crippen molar-refractivity contribution >= 4 is 33.4 Å². The monoisotopic (exact) mass is 401 g/mol. The van der Waals surface area contributed by atoms with Crippen molar-refractivity contribution in [1.29, 1.82) is 0 Å². The third kappa shape index (κ3) is 3.34. The van der Waals surface area contributed by atoms with E-state index in [9.17, 15) is 8.42 Å². The van der Waals surface area contributed by atoms with Crippen molar-refractivity contribution in [2.24, 2.45) is 0 Å². The molecule has 1 aromatic heterocycles. The van der Waals surface area contributed by atoms with Crippen molar-refractivity contribution in [3.63, 3.8) is 0 Å². The molecule has 0 fully saturated rings. The van der Waals surface area contributed by atoms with E-state index in [-0.39, 0.29) is 0 Å². The molecule has 25 heavy (non-hydrogen) atoms. The highest BCUT2D eigenvalue weighted by Crippen LogP contribution is 2.39. The van der Waals surface area contributed by atoms with E-state index in [2.05, 4.69) is 4.57 Å². The fourth-order valence-electron chi connectivity index (χ4n) is 3.35. The molecular formula is C17H21Cl2N3O2S. The van der Waals surface area contributed by atoms with E-state index in [1.807, 2.05) is 38.2 Å². The van der Waals surface area contributed by atoms with Crippen molar-refractivity contribution in [2.45, 2.75) is 26.4 Å². The van der Waals surface area contributed by atoms with Crippen molar-refractivity contribution < 1.29 is 8.42 Å². The minimum Gasteiger partial charge on any atom is -0.348 e.